The molecule has 1 aromatic rings. The van der Waals surface area contributed by atoms with Crippen LogP contribution in [0.25, 0.3) is 0 Å². The van der Waals surface area contributed by atoms with Crippen molar-refractivity contribution in [3.8, 4) is 12.1 Å². The van der Waals surface area contributed by atoms with E-state index in [0.29, 0.717) is 29.2 Å². The molecule has 1 aromatic carbocycles. The minimum atomic E-state index is -0.363. The first-order valence-electron chi connectivity index (χ1n) is 5.33. The van der Waals surface area contributed by atoms with Crippen molar-refractivity contribution in [3.05, 3.63) is 28.8 Å². The summed E-state index contributed by atoms with van der Waals surface area (Å²) in [6.45, 7) is 4.41. The van der Waals surface area contributed by atoms with Gasteiger partial charge in [-0.1, -0.05) is 11.6 Å². The van der Waals surface area contributed by atoms with Crippen LogP contribution in [-0.4, -0.2) is 6.54 Å². The van der Waals surface area contributed by atoms with Gasteiger partial charge in [0, 0.05) is 11.6 Å². The average Bonchev–Trinajstić information content (AvgIpc) is 2.29. The summed E-state index contributed by atoms with van der Waals surface area (Å²) in [7, 11) is 0. The molecule has 0 saturated carbocycles. The Morgan fingerprint density at radius 3 is 2.65 bits per heavy atom. The zero-order valence-electron chi connectivity index (χ0n) is 9.92. The summed E-state index contributed by atoms with van der Waals surface area (Å²) in [4.78, 5) is 0. The lowest BCUT2D eigenvalue weighted by molar-refractivity contribution is 0.466. The molecular weight excluding hydrogens is 234 g/mol. The minimum Gasteiger partial charge on any atom is -0.384 e. The van der Waals surface area contributed by atoms with E-state index in [2.05, 4.69) is 17.5 Å². The van der Waals surface area contributed by atoms with Gasteiger partial charge in [-0.25, -0.2) is 0 Å². The molecule has 0 amide bonds. The Hall–Kier alpha value is -1.71. The van der Waals surface area contributed by atoms with E-state index in [1.165, 1.54) is 0 Å². The molecule has 0 spiro atoms. The van der Waals surface area contributed by atoms with Gasteiger partial charge in [-0.05, 0) is 38.5 Å². The van der Waals surface area contributed by atoms with Crippen LogP contribution in [-0.2, 0) is 0 Å². The van der Waals surface area contributed by atoms with Crippen molar-refractivity contribution < 1.29 is 0 Å². The van der Waals surface area contributed by atoms with Gasteiger partial charge < -0.3 is 5.32 Å². The molecule has 0 aliphatic rings. The second-order valence-corrected chi connectivity index (χ2v) is 4.91. The van der Waals surface area contributed by atoms with Gasteiger partial charge >= 0.3 is 0 Å². The topological polar surface area (TPSA) is 59.6 Å². The maximum absolute atomic E-state index is 8.93. The number of nitriles is 2. The van der Waals surface area contributed by atoms with Crippen LogP contribution in [0.1, 0.15) is 25.8 Å². The summed E-state index contributed by atoms with van der Waals surface area (Å²) < 4.78 is 0. The van der Waals surface area contributed by atoms with Crippen LogP contribution in [0, 0.1) is 28.1 Å². The fourth-order valence-electron chi connectivity index (χ4n) is 1.33. The smallest absolute Gasteiger partial charge is 0.101 e. The summed E-state index contributed by atoms with van der Waals surface area (Å²) in [5.41, 5.74) is 0.913. The summed E-state index contributed by atoms with van der Waals surface area (Å²) in [6, 6.07) is 9.42. The summed E-state index contributed by atoms with van der Waals surface area (Å²) in [5, 5.41) is 21.5. The molecule has 0 radical (unpaired) electrons. The third kappa shape index (κ3) is 3.98. The van der Waals surface area contributed by atoms with Gasteiger partial charge in [0.05, 0.1) is 22.7 Å². The Bertz CT molecular complexity index is 480. The molecule has 0 atom stereocenters. The third-order valence-corrected chi connectivity index (χ3v) is 2.71. The predicted molar refractivity (Wildman–Crippen MR) is 68.7 cm³/mol. The van der Waals surface area contributed by atoms with Gasteiger partial charge in [-0.3, -0.25) is 0 Å². The van der Waals surface area contributed by atoms with E-state index in [0.717, 1.165) is 0 Å². The van der Waals surface area contributed by atoms with Crippen LogP contribution in [0.5, 0.6) is 0 Å². The number of nitrogens with one attached hydrogen (secondary N) is 1. The van der Waals surface area contributed by atoms with E-state index >= 15 is 0 Å². The number of rotatable bonds is 4. The highest BCUT2D eigenvalue weighted by Gasteiger charge is 2.15. The van der Waals surface area contributed by atoms with Crippen molar-refractivity contribution in [1.29, 1.82) is 10.5 Å². The third-order valence-electron chi connectivity index (χ3n) is 2.47. The lowest BCUT2D eigenvalue weighted by Gasteiger charge is -2.16. The first-order valence-corrected chi connectivity index (χ1v) is 5.71. The van der Waals surface area contributed by atoms with Crippen molar-refractivity contribution in [2.24, 2.45) is 5.41 Å². The highest BCUT2D eigenvalue weighted by Crippen LogP contribution is 2.22. The maximum atomic E-state index is 8.93. The Morgan fingerprint density at radius 2 is 2.06 bits per heavy atom. The van der Waals surface area contributed by atoms with Crippen molar-refractivity contribution in [1.82, 2.24) is 0 Å². The van der Waals surface area contributed by atoms with Crippen LogP contribution >= 0.6 is 11.6 Å². The van der Waals surface area contributed by atoms with Gasteiger partial charge in [0.15, 0.2) is 0 Å². The summed E-state index contributed by atoms with van der Waals surface area (Å²) in [6.07, 6.45) is 0.709. The van der Waals surface area contributed by atoms with E-state index in [-0.39, 0.29) is 5.41 Å². The molecule has 0 aliphatic heterocycles. The standard InChI is InChI=1S/C13H14ClN3/c1-13(2,9-16)5-6-17-12-7-11(14)4-3-10(12)8-15/h3-4,7,17H,5-6H2,1-2H3. The quantitative estimate of drug-likeness (QED) is 0.885. The van der Waals surface area contributed by atoms with Gasteiger partial charge in [0.25, 0.3) is 0 Å². The van der Waals surface area contributed by atoms with Crippen molar-refractivity contribution >= 4 is 17.3 Å². The first kappa shape index (κ1) is 13.4. The average molecular weight is 248 g/mol. The van der Waals surface area contributed by atoms with Gasteiger partial charge in [0.2, 0.25) is 0 Å². The molecule has 3 nitrogen and oxygen atoms in total. The van der Waals surface area contributed by atoms with Crippen LogP contribution in [0.2, 0.25) is 5.02 Å². The highest BCUT2D eigenvalue weighted by atomic mass is 35.5. The number of anilines is 1. The van der Waals surface area contributed by atoms with E-state index in [4.69, 9.17) is 22.1 Å². The molecule has 0 aromatic heterocycles. The molecule has 17 heavy (non-hydrogen) atoms. The normalized spacial score (nSPS) is 10.4. The Balaban J connectivity index is 2.68. The molecule has 0 fully saturated rings. The SMILES string of the molecule is CC(C)(C#N)CCNc1cc(Cl)ccc1C#N. The zero-order chi connectivity index (χ0) is 12.9. The fourth-order valence-corrected chi connectivity index (χ4v) is 1.50. The second-order valence-electron chi connectivity index (χ2n) is 4.47. The minimum absolute atomic E-state index is 0.363. The molecule has 1 N–H and O–H groups in total. The molecule has 0 unspecified atom stereocenters. The van der Waals surface area contributed by atoms with Crippen LogP contribution in [0.4, 0.5) is 5.69 Å². The van der Waals surface area contributed by atoms with Crippen LogP contribution in [0.15, 0.2) is 18.2 Å². The van der Waals surface area contributed by atoms with E-state index < -0.39 is 0 Å². The van der Waals surface area contributed by atoms with E-state index in [1.807, 2.05) is 13.8 Å². The fraction of sp³-hybridized carbons (Fsp3) is 0.385. The largest absolute Gasteiger partial charge is 0.384 e. The van der Waals surface area contributed by atoms with Crippen molar-refractivity contribution in [2.45, 2.75) is 20.3 Å². The number of hydrogen-bond donors (Lipinski definition) is 1. The van der Waals surface area contributed by atoms with Crippen molar-refractivity contribution in [3.63, 3.8) is 0 Å². The van der Waals surface area contributed by atoms with Gasteiger partial charge in [-0.2, -0.15) is 10.5 Å². The monoisotopic (exact) mass is 247 g/mol. The summed E-state index contributed by atoms with van der Waals surface area (Å²) >= 11 is 5.87. The number of nitrogens with zero attached hydrogens (tertiary/aromatic N) is 2. The number of halogens is 1. The van der Waals surface area contributed by atoms with Gasteiger partial charge in [-0.15, -0.1) is 0 Å². The first-order chi connectivity index (χ1) is 7.98. The predicted octanol–water partition coefficient (Wildman–Crippen LogP) is 3.56. The van der Waals surface area contributed by atoms with Gasteiger partial charge in [0.1, 0.15) is 6.07 Å². The van der Waals surface area contributed by atoms with E-state index in [1.54, 1.807) is 18.2 Å². The Morgan fingerprint density at radius 1 is 1.35 bits per heavy atom. The van der Waals surface area contributed by atoms with Crippen LogP contribution in [0.3, 0.4) is 0 Å². The molecule has 88 valence electrons. The second kappa shape index (κ2) is 5.57. The molecule has 0 bridgehead atoms. The zero-order valence-corrected chi connectivity index (χ0v) is 10.7. The lowest BCUT2D eigenvalue weighted by atomic mass is 9.91. The number of benzene rings is 1. The molecule has 0 heterocycles. The molecule has 4 heteroatoms. The van der Waals surface area contributed by atoms with E-state index in [9.17, 15) is 0 Å². The Labute approximate surface area is 107 Å². The molecular formula is C13H14ClN3. The Kier molecular flexibility index (Phi) is 4.37. The molecule has 0 aliphatic carbocycles. The van der Waals surface area contributed by atoms with Crippen molar-refractivity contribution in [2.75, 3.05) is 11.9 Å². The molecule has 0 saturated heterocycles. The van der Waals surface area contributed by atoms with Crippen LogP contribution < -0.4 is 5.32 Å². The number of hydrogen-bond acceptors (Lipinski definition) is 3. The maximum Gasteiger partial charge on any atom is 0.101 e. The highest BCUT2D eigenvalue weighted by molar-refractivity contribution is 6.30. The summed E-state index contributed by atoms with van der Waals surface area (Å²) in [5.74, 6) is 0. The lowest BCUT2D eigenvalue weighted by Crippen LogP contribution is -2.15. The molecule has 1 rings (SSSR count).